The molecule has 1 aliphatic heterocycles. The summed E-state index contributed by atoms with van der Waals surface area (Å²) in [6, 6.07) is 7.78. The van der Waals surface area contributed by atoms with Crippen LogP contribution >= 0.6 is 0 Å². The number of anilines is 1. The summed E-state index contributed by atoms with van der Waals surface area (Å²) >= 11 is 0. The average Bonchev–Trinajstić information content (AvgIpc) is 2.73. The maximum Gasteiger partial charge on any atom is 0.224 e. The summed E-state index contributed by atoms with van der Waals surface area (Å²) in [4.78, 5) is 26.7. The molecular formula is C18H19NO3. The van der Waals surface area contributed by atoms with Gasteiger partial charge in [-0.2, -0.15) is 0 Å². The molecule has 2 aliphatic carbocycles. The Morgan fingerprint density at radius 2 is 2.05 bits per heavy atom. The number of para-hydroxylation sites is 1. The summed E-state index contributed by atoms with van der Waals surface area (Å²) in [5.41, 5.74) is 1.37. The molecule has 3 aliphatic rings. The largest absolute Gasteiger partial charge is 0.389 e. The Kier molecular flexibility index (Phi) is 2.54. The van der Waals surface area contributed by atoms with Crippen molar-refractivity contribution >= 4 is 23.0 Å². The van der Waals surface area contributed by atoms with Crippen molar-refractivity contribution < 1.29 is 14.7 Å². The van der Waals surface area contributed by atoms with Crippen molar-refractivity contribution in [2.45, 2.75) is 44.2 Å². The van der Waals surface area contributed by atoms with Crippen LogP contribution in [-0.2, 0) is 9.59 Å². The van der Waals surface area contributed by atoms with Crippen molar-refractivity contribution in [3.05, 3.63) is 35.9 Å². The van der Waals surface area contributed by atoms with Gasteiger partial charge in [0.25, 0.3) is 0 Å². The molecule has 114 valence electrons. The molecule has 4 rings (SSSR count). The number of rotatable bonds is 0. The maximum absolute atomic E-state index is 12.5. The summed E-state index contributed by atoms with van der Waals surface area (Å²) in [6.45, 7) is 3.31. The Bertz CT molecular complexity index is 734. The number of carbonyl (C=O) groups is 2. The minimum Gasteiger partial charge on any atom is -0.389 e. The van der Waals surface area contributed by atoms with Crippen molar-refractivity contribution in [2.75, 3.05) is 4.90 Å². The smallest absolute Gasteiger partial charge is 0.224 e. The van der Waals surface area contributed by atoms with Crippen LogP contribution in [-0.4, -0.2) is 27.9 Å². The van der Waals surface area contributed by atoms with Crippen LogP contribution in [0.3, 0.4) is 0 Å². The molecule has 22 heavy (non-hydrogen) atoms. The summed E-state index contributed by atoms with van der Waals surface area (Å²) in [5, 5.41) is 10.6. The fourth-order valence-electron chi connectivity index (χ4n) is 4.57. The van der Waals surface area contributed by atoms with E-state index in [0.29, 0.717) is 19.3 Å². The minimum absolute atomic E-state index is 0.00880. The van der Waals surface area contributed by atoms with Crippen LogP contribution in [0, 0.1) is 5.92 Å². The first kappa shape index (κ1) is 13.7. The van der Waals surface area contributed by atoms with Crippen LogP contribution in [0.25, 0.3) is 5.57 Å². The molecular weight excluding hydrogens is 278 g/mol. The molecule has 4 nitrogen and oxygen atoms in total. The zero-order chi connectivity index (χ0) is 15.7. The Morgan fingerprint density at radius 1 is 1.32 bits per heavy atom. The van der Waals surface area contributed by atoms with E-state index in [4.69, 9.17) is 0 Å². The van der Waals surface area contributed by atoms with Gasteiger partial charge >= 0.3 is 0 Å². The first-order valence-corrected chi connectivity index (χ1v) is 7.75. The standard InChI is InChI=1S/C18H19NO3/c1-11(20)19-15-6-4-3-5-12(15)13-9-16(21)14-10-18(13,19)8-7-17(14,2)22/h3-6,9,14,22H,7-8,10H2,1-2H3. The zero-order valence-electron chi connectivity index (χ0n) is 12.8. The van der Waals surface area contributed by atoms with E-state index in [9.17, 15) is 14.7 Å². The highest BCUT2D eigenvalue weighted by Gasteiger charge is 2.59. The number of hydrogen-bond acceptors (Lipinski definition) is 3. The predicted octanol–water partition coefficient (Wildman–Crippen LogP) is 2.31. The number of hydrogen-bond donors (Lipinski definition) is 1. The molecule has 3 unspecified atom stereocenters. The molecule has 1 aromatic rings. The molecule has 1 fully saturated rings. The van der Waals surface area contributed by atoms with E-state index in [-0.39, 0.29) is 11.7 Å². The van der Waals surface area contributed by atoms with Crippen LogP contribution in [0.15, 0.2) is 30.3 Å². The van der Waals surface area contributed by atoms with Crippen molar-refractivity contribution in [2.24, 2.45) is 5.92 Å². The Balaban J connectivity index is 1.97. The average molecular weight is 297 g/mol. The fourth-order valence-corrected chi connectivity index (χ4v) is 4.57. The van der Waals surface area contributed by atoms with Gasteiger partial charge in [-0.3, -0.25) is 9.59 Å². The van der Waals surface area contributed by atoms with Crippen molar-refractivity contribution in [3.8, 4) is 0 Å². The molecule has 0 aromatic heterocycles. The quantitative estimate of drug-likeness (QED) is 0.799. The van der Waals surface area contributed by atoms with Gasteiger partial charge in [-0.15, -0.1) is 0 Å². The summed E-state index contributed by atoms with van der Waals surface area (Å²) in [6.07, 6.45) is 3.39. The van der Waals surface area contributed by atoms with E-state index in [0.717, 1.165) is 16.8 Å². The number of ketones is 1. The second kappa shape index (κ2) is 4.07. The van der Waals surface area contributed by atoms with Gasteiger partial charge in [-0.25, -0.2) is 0 Å². The number of nitrogens with zero attached hydrogens (tertiary/aromatic N) is 1. The van der Waals surface area contributed by atoms with Gasteiger partial charge in [0.1, 0.15) is 0 Å². The molecule has 3 atom stereocenters. The SMILES string of the molecule is CC(=O)N1c2ccccc2C2=CC(=O)C3CC21CCC3(C)O. The molecule has 1 N–H and O–H groups in total. The number of fused-ring (bicyclic) bond motifs is 3. The number of allylic oxidation sites excluding steroid dienone is 1. The van der Waals surface area contributed by atoms with E-state index < -0.39 is 17.1 Å². The lowest BCUT2D eigenvalue weighted by Gasteiger charge is -2.51. The molecule has 1 aromatic carbocycles. The first-order valence-electron chi connectivity index (χ1n) is 7.75. The maximum atomic E-state index is 12.5. The molecule has 1 amide bonds. The molecule has 1 spiro atoms. The van der Waals surface area contributed by atoms with Crippen molar-refractivity contribution in [3.63, 3.8) is 0 Å². The van der Waals surface area contributed by atoms with Crippen LogP contribution in [0.5, 0.6) is 0 Å². The van der Waals surface area contributed by atoms with Gasteiger partial charge in [0.2, 0.25) is 5.91 Å². The van der Waals surface area contributed by atoms with Gasteiger partial charge < -0.3 is 10.0 Å². The predicted molar refractivity (Wildman–Crippen MR) is 83.3 cm³/mol. The van der Waals surface area contributed by atoms with E-state index in [1.165, 1.54) is 0 Å². The Hall–Kier alpha value is -1.94. The van der Waals surface area contributed by atoms with Gasteiger partial charge in [0.15, 0.2) is 5.78 Å². The van der Waals surface area contributed by atoms with E-state index in [1.807, 2.05) is 29.2 Å². The molecule has 0 saturated heterocycles. The van der Waals surface area contributed by atoms with Crippen LogP contribution in [0.1, 0.15) is 38.7 Å². The van der Waals surface area contributed by atoms with Crippen LogP contribution in [0.2, 0.25) is 0 Å². The van der Waals surface area contributed by atoms with E-state index in [1.54, 1.807) is 19.9 Å². The lowest BCUT2D eigenvalue weighted by molar-refractivity contribution is -0.134. The lowest BCUT2D eigenvalue weighted by atomic mass is 9.60. The number of aliphatic hydroxyl groups is 1. The minimum atomic E-state index is -0.985. The van der Waals surface area contributed by atoms with Gasteiger partial charge in [0, 0.05) is 12.5 Å². The van der Waals surface area contributed by atoms with E-state index >= 15 is 0 Å². The van der Waals surface area contributed by atoms with Gasteiger partial charge in [0.05, 0.1) is 22.7 Å². The number of benzene rings is 1. The topological polar surface area (TPSA) is 57.6 Å². The zero-order valence-corrected chi connectivity index (χ0v) is 12.8. The summed E-state index contributed by atoms with van der Waals surface area (Å²) in [5.74, 6) is -0.456. The third kappa shape index (κ3) is 1.51. The third-order valence-corrected chi connectivity index (χ3v) is 5.65. The first-order chi connectivity index (χ1) is 10.4. The van der Waals surface area contributed by atoms with Crippen molar-refractivity contribution in [1.82, 2.24) is 0 Å². The second-order valence-electron chi connectivity index (χ2n) is 6.98. The van der Waals surface area contributed by atoms with Gasteiger partial charge in [-0.1, -0.05) is 18.2 Å². The highest BCUT2D eigenvalue weighted by molar-refractivity contribution is 6.12. The third-order valence-electron chi connectivity index (χ3n) is 5.65. The van der Waals surface area contributed by atoms with Crippen molar-refractivity contribution in [1.29, 1.82) is 0 Å². The highest BCUT2D eigenvalue weighted by atomic mass is 16.3. The monoisotopic (exact) mass is 297 g/mol. The highest BCUT2D eigenvalue weighted by Crippen LogP contribution is 2.58. The molecule has 2 bridgehead atoms. The molecule has 1 heterocycles. The van der Waals surface area contributed by atoms with Gasteiger partial charge in [-0.05, 0) is 43.9 Å². The molecule has 4 heteroatoms. The Morgan fingerprint density at radius 3 is 2.77 bits per heavy atom. The summed E-state index contributed by atoms with van der Waals surface area (Å²) < 4.78 is 0. The van der Waals surface area contributed by atoms with E-state index in [2.05, 4.69) is 0 Å². The number of carbonyl (C=O) groups excluding carboxylic acids is 2. The molecule has 1 saturated carbocycles. The van der Waals surface area contributed by atoms with Crippen LogP contribution in [0.4, 0.5) is 5.69 Å². The fraction of sp³-hybridized carbons (Fsp3) is 0.444. The summed E-state index contributed by atoms with van der Waals surface area (Å²) in [7, 11) is 0. The van der Waals surface area contributed by atoms with Crippen LogP contribution < -0.4 is 4.90 Å². The normalized spacial score (nSPS) is 35.8. The second-order valence-corrected chi connectivity index (χ2v) is 6.98. The molecule has 0 radical (unpaired) electrons. The lowest BCUT2D eigenvalue weighted by Crippen LogP contribution is -2.60. The number of amides is 1. The Labute approximate surface area is 129 Å².